The van der Waals surface area contributed by atoms with E-state index in [0.717, 1.165) is 19.4 Å². The number of thioether (sulfide) groups is 1. The van der Waals surface area contributed by atoms with Gasteiger partial charge in [-0.05, 0) is 26.0 Å². The Balaban J connectivity index is 2.76. The number of anilines is 2. The van der Waals surface area contributed by atoms with Crippen molar-refractivity contribution in [2.24, 2.45) is 0 Å². The number of nitrogens with two attached hydrogens (primary N) is 1. The molecule has 7 heteroatoms. The predicted octanol–water partition coefficient (Wildman–Crippen LogP) is 2.19. The van der Waals surface area contributed by atoms with Crippen LogP contribution in [0.4, 0.5) is 11.9 Å². The van der Waals surface area contributed by atoms with E-state index in [1.807, 2.05) is 18.7 Å². The molecule has 0 fully saturated rings. The van der Waals surface area contributed by atoms with Gasteiger partial charge in [-0.2, -0.15) is 26.7 Å². The number of nitrogens with zero attached hydrogens (tertiary/aromatic N) is 3. The topological polar surface area (TPSA) is 86.0 Å². The number of ether oxygens (including phenoxy) is 1. The second-order valence-corrected chi connectivity index (χ2v) is 5.45. The minimum Gasteiger partial charge on any atom is -0.464 e. The van der Waals surface area contributed by atoms with Gasteiger partial charge in [0.1, 0.15) is 0 Å². The van der Waals surface area contributed by atoms with E-state index < -0.39 is 0 Å². The van der Waals surface area contributed by atoms with Gasteiger partial charge in [0.2, 0.25) is 11.9 Å². The zero-order valence-corrected chi connectivity index (χ0v) is 12.9. The molecule has 0 aliphatic rings. The van der Waals surface area contributed by atoms with E-state index in [-0.39, 0.29) is 16.7 Å². The summed E-state index contributed by atoms with van der Waals surface area (Å²) >= 11 is 1.86. The molecule has 1 aromatic rings. The van der Waals surface area contributed by atoms with Crippen LogP contribution in [0.2, 0.25) is 0 Å². The van der Waals surface area contributed by atoms with E-state index in [4.69, 9.17) is 10.5 Å². The van der Waals surface area contributed by atoms with Crippen LogP contribution in [-0.4, -0.2) is 39.1 Å². The Morgan fingerprint density at radius 1 is 1.21 bits per heavy atom. The van der Waals surface area contributed by atoms with Gasteiger partial charge >= 0.3 is 6.01 Å². The lowest BCUT2D eigenvalue weighted by Crippen LogP contribution is -2.32. The number of nitrogens with one attached hydrogen (secondary N) is 1. The molecule has 3 N–H and O–H groups in total. The maximum atomic E-state index is 5.64. The Morgan fingerprint density at radius 2 is 1.89 bits per heavy atom. The largest absolute Gasteiger partial charge is 0.464 e. The van der Waals surface area contributed by atoms with Gasteiger partial charge in [0, 0.05) is 11.3 Å². The van der Waals surface area contributed by atoms with Crippen LogP contribution in [0, 0.1) is 0 Å². The molecule has 108 valence electrons. The van der Waals surface area contributed by atoms with Crippen molar-refractivity contribution < 1.29 is 4.74 Å². The van der Waals surface area contributed by atoms with Gasteiger partial charge < -0.3 is 15.8 Å². The fourth-order valence-electron chi connectivity index (χ4n) is 1.75. The molecule has 0 aliphatic heterocycles. The Kier molecular flexibility index (Phi) is 6.14. The highest BCUT2D eigenvalue weighted by molar-refractivity contribution is 8.00. The molecule has 1 aromatic heterocycles. The summed E-state index contributed by atoms with van der Waals surface area (Å²) in [5.74, 6) is 0.639. The van der Waals surface area contributed by atoms with Crippen molar-refractivity contribution in [1.29, 1.82) is 0 Å². The molecule has 0 aromatic carbocycles. The molecule has 6 nitrogen and oxygen atoms in total. The van der Waals surface area contributed by atoms with Gasteiger partial charge in [-0.25, -0.2) is 0 Å². The first-order valence-corrected chi connectivity index (χ1v) is 7.75. The summed E-state index contributed by atoms with van der Waals surface area (Å²) in [5.41, 5.74) is 5.64. The molecule has 0 aliphatic carbocycles. The Bertz CT molecular complexity index is 389. The maximum Gasteiger partial charge on any atom is 0.323 e. The van der Waals surface area contributed by atoms with E-state index in [9.17, 15) is 0 Å². The van der Waals surface area contributed by atoms with Crippen molar-refractivity contribution in [3.63, 3.8) is 0 Å². The SMILES string of the molecule is CCOc1nc(N)nc(NCC(CC)(CC)SC)n1. The van der Waals surface area contributed by atoms with E-state index in [2.05, 4.69) is 40.4 Å². The third-order valence-electron chi connectivity index (χ3n) is 3.20. The summed E-state index contributed by atoms with van der Waals surface area (Å²) in [6.07, 6.45) is 4.29. The zero-order chi connectivity index (χ0) is 14.3. The fourth-order valence-corrected chi connectivity index (χ4v) is 2.54. The van der Waals surface area contributed by atoms with Gasteiger partial charge in [-0.3, -0.25) is 0 Å². The normalized spacial score (nSPS) is 11.4. The van der Waals surface area contributed by atoms with Crippen molar-refractivity contribution in [3.05, 3.63) is 0 Å². The number of aromatic nitrogens is 3. The lowest BCUT2D eigenvalue weighted by atomic mass is 10.0. The molecule has 0 spiro atoms. The monoisotopic (exact) mass is 285 g/mol. The van der Waals surface area contributed by atoms with Gasteiger partial charge in [0.25, 0.3) is 0 Å². The second-order valence-electron chi connectivity index (χ2n) is 4.18. The lowest BCUT2D eigenvalue weighted by Gasteiger charge is -2.29. The maximum absolute atomic E-state index is 5.64. The van der Waals surface area contributed by atoms with Crippen molar-refractivity contribution in [1.82, 2.24) is 15.0 Å². The summed E-state index contributed by atoms with van der Waals surface area (Å²) in [4.78, 5) is 12.2. The molecule has 0 atom stereocenters. The molecule has 19 heavy (non-hydrogen) atoms. The minimum atomic E-state index is 0.170. The molecule has 0 saturated carbocycles. The molecule has 0 saturated heterocycles. The average Bonchev–Trinajstić information content (AvgIpc) is 2.41. The standard InChI is InChI=1S/C12H23N5OS/c1-5-12(6-2,19-4)8-14-10-15-9(13)16-11(17-10)18-7-3/h5-8H2,1-4H3,(H3,13,14,15,16,17). The third kappa shape index (κ3) is 4.41. The van der Waals surface area contributed by atoms with Crippen LogP contribution in [0.15, 0.2) is 0 Å². The summed E-state index contributed by atoms with van der Waals surface area (Å²) in [6.45, 7) is 7.54. The first kappa shape index (κ1) is 15.8. The predicted molar refractivity (Wildman–Crippen MR) is 80.7 cm³/mol. The molecule has 0 amide bonds. The van der Waals surface area contributed by atoms with E-state index in [1.165, 1.54) is 0 Å². The van der Waals surface area contributed by atoms with Crippen molar-refractivity contribution in [3.8, 4) is 6.01 Å². The minimum absolute atomic E-state index is 0.170. The van der Waals surface area contributed by atoms with Crippen LogP contribution >= 0.6 is 11.8 Å². The summed E-state index contributed by atoms with van der Waals surface area (Å²) in [6, 6.07) is 0.264. The van der Waals surface area contributed by atoms with Gasteiger partial charge in [-0.1, -0.05) is 13.8 Å². The number of hydrogen-bond acceptors (Lipinski definition) is 7. The molecular formula is C12H23N5OS. The van der Waals surface area contributed by atoms with Crippen LogP contribution < -0.4 is 15.8 Å². The molecule has 1 rings (SSSR count). The van der Waals surface area contributed by atoms with Crippen LogP contribution in [-0.2, 0) is 0 Å². The van der Waals surface area contributed by atoms with E-state index in [0.29, 0.717) is 12.6 Å². The van der Waals surface area contributed by atoms with Crippen molar-refractivity contribution in [2.45, 2.75) is 38.4 Å². The Morgan fingerprint density at radius 3 is 2.42 bits per heavy atom. The smallest absolute Gasteiger partial charge is 0.323 e. The average molecular weight is 285 g/mol. The second kappa shape index (κ2) is 7.37. The van der Waals surface area contributed by atoms with Crippen LogP contribution in [0.1, 0.15) is 33.6 Å². The first-order valence-electron chi connectivity index (χ1n) is 6.52. The number of hydrogen-bond donors (Lipinski definition) is 2. The fraction of sp³-hybridized carbons (Fsp3) is 0.750. The van der Waals surface area contributed by atoms with Gasteiger partial charge in [0.15, 0.2) is 0 Å². The lowest BCUT2D eigenvalue weighted by molar-refractivity contribution is 0.312. The van der Waals surface area contributed by atoms with Crippen LogP contribution in [0.3, 0.4) is 0 Å². The summed E-state index contributed by atoms with van der Waals surface area (Å²) in [5, 5.41) is 3.23. The molecule has 0 radical (unpaired) electrons. The summed E-state index contributed by atoms with van der Waals surface area (Å²) in [7, 11) is 0. The van der Waals surface area contributed by atoms with Gasteiger partial charge in [-0.15, -0.1) is 0 Å². The van der Waals surface area contributed by atoms with Crippen molar-refractivity contribution in [2.75, 3.05) is 30.5 Å². The quantitative estimate of drug-likeness (QED) is 0.757. The third-order valence-corrected chi connectivity index (χ3v) is 4.78. The summed E-state index contributed by atoms with van der Waals surface area (Å²) < 4.78 is 5.44. The highest BCUT2D eigenvalue weighted by Crippen LogP contribution is 2.30. The van der Waals surface area contributed by atoms with Crippen molar-refractivity contribution >= 4 is 23.7 Å². The molecular weight excluding hydrogens is 262 g/mol. The number of rotatable bonds is 8. The number of nitrogen functional groups attached to an aromatic ring is 1. The molecule has 0 unspecified atom stereocenters. The highest BCUT2D eigenvalue weighted by atomic mass is 32.2. The Hall–Kier alpha value is -1.24. The van der Waals surface area contributed by atoms with Crippen LogP contribution in [0.5, 0.6) is 6.01 Å². The highest BCUT2D eigenvalue weighted by Gasteiger charge is 2.25. The molecule has 1 heterocycles. The van der Waals surface area contributed by atoms with Crippen LogP contribution in [0.25, 0.3) is 0 Å². The van der Waals surface area contributed by atoms with E-state index in [1.54, 1.807) is 0 Å². The zero-order valence-electron chi connectivity index (χ0n) is 12.1. The van der Waals surface area contributed by atoms with E-state index >= 15 is 0 Å². The molecule has 0 bridgehead atoms. The van der Waals surface area contributed by atoms with Gasteiger partial charge in [0.05, 0.1) is 6.61 Å². The Labute approximate surface area is 119 Å². The first-order chi connectivity index (χ1) is 9.09.